The highest BCUT2D eigenvalue weighted by molar-refractivity contribution is 5.68. The molecule has 0 saturated heterocycles. The van der Waals surface area contributed by atoms with Gasteiger partial charge in [-0.25, -0.2) is 0 Å². The lowest BCUT2D eigenvalue weighted by molar-refractivity contribution is -0.509. The molecule has 0 aromatic rings. The molecule has 0 spiro atoms. The summed E-state index contributed by atoms with van der Waals surface area (Å²) in [6, 6.07) is -0.820. The second-order valence-corrected chi connectivity index (χ2v) is 3.00. The van der Waals surface area contributed by atoms with Gasteiger partial charge in [-0.3, -0.25) is 14.9 Å². The second kappa shape index (κ2) is 4.59. The van der Waals surface area contributed by atoms with Gasteiger partial charge in [-0.05, 0) is 12.2 Å². The molecule has 0 aromatic carbocycles. The summed E-state index contributed by atoms with van der Waals surface area (Å²) >= 11 is 0. The lowest BCUT2D eigenvalue weighted by Gasteiger charge is -2.15. The summed E-state index contributed by atoms with van der Waals surface area (Å²) in [6.07, 6.45) is 2.86. The Morgan fingerprint density at radius 3 is 2.80 bits per heavy atom. The largest absolute Gasteiger partial charge is 0.497 e. The SMILES string of the molecule is COC1=C(OC(C)=O)C=CC([N+](=O)[O-])C1. The van der Waals surface area contributed by atoms with Gasteiger partial charge in [0.15, 0.2) is 5.76 Å². The molecule has 6 nitrogen and oxygen atoms in total. The molecule has 1 unspecified atom stereocenters. The molecule has 0 heterocycles. The molecule has 0 bridgehead atoms. The van der Waals surface area contributed by atoms with Crippen LogP contribution in [-0.4, -0.2) is 24.0 Å². The Balaban J connectivity index is 2.83. The Kier molecular flexibility index (Phi) is 3.43. The maximum absolute atomic E-state index is 10.7. The molecule has 0 amide bonds. The van der Waals surface area contributed by atoms with Gasteiger partial charge >= 0.3 is 5.97 Å². The number of allylic oxidation sites excluding steroid dienone is 1. The molecule has 0 N–H and O–H groups in total. The topological polar surface area (TPSA) is 78.7 Å². The number of nitrogens with zero attached hydrogens (tertiary/aromatic N) is 1. The van der Waals surface area contributed by atoms with E-state index in [0.29, 0.717) is 5.76 Å². The molecule has 0 fully saturated rings. The molecule has 0 aromatic heterocycles. The van der Waals surface area contributed by atoms with Crippen LogP contribution >= 0.6 is 0 Å². The lowest BCUT2D eigenvalue weighted by atomic mass is 10.1. The summed E-state index contributed by atoms with van der Waals surface area (Å²) in [5.74, 6) is 0.0706. The number of esters is 1. The third kappa shape index (κ3) is 2.80. The van der Waals surface area contributed by atoms with Gasteiger partial charge in [0.25, 0.3) is 0 Å². The van der Waals surface area contributed by atoms with E-state index in [-0.39, 0.29) is 12.2 Å². The highest BCUT2D eigenvalue weighted by Gasteiger charge is 2.26. The zero-order valence-corrected chi connectivity index (χ0v) is 8.43. The van der Waals surface area contributed by atoms with Gasteiger partial charge in [0, 0.05) is 11.8 Å². The van der Waals surface area contributed by atoms with Crippen molar-refractivity contribution in [3.8, 4) is 0 Å². The monoisotopic (exact) mass is 213 g/mol. The highest BCUT2D eigenvalue weighted by Crippen LogP contribution is 2.22. The number of hydrogen-bond acceptors (Lipinski definition) is 5. The van der Waals surface area contributed by atoms with E-state index in [2.05, 4.69) is 0 Å². The minimum atomic E-state index is -0.820. The number of nitro groups is 1. The molecule has 1 aliphatic carbocycles. The molecule has 0 aliphatic heterocycles. The summed E-state index contributed by atoms with van der Waals surface area (Å²) in [5.41, 5.74) is 0. The maximum Gasteiger partial charge on any atom is 0.308 e. The van der Waals surface area contributed by atoms with Crippen molar-refractivity contribution in [3.63, 3.8) is 0 Å². The van der Waals surface area contributed by atoms with E-state index >= 15 is 0 Å². The predicted molar refractivity (Wildman–Crippen MR) is 50.3 cm³/mol. The molecular formula is C9H11NO5. The van der Waals surface area contributed by atoms with Crippen LogP contribution in [0.2, 0.25) is 0 Å². The van der Waals surface area contributed by atoms with Gasteiger partial charge < -0.3 is 9.47 Å². The van der Waals surface area contributed by atoms with Crippen LogP contribution in [0.4, 0.5) is 0 Å². The predicted octanol–water partition coefficient (Wildman–Crippen LogP) is 1.01. The average molecular weight is 213 g/mol. The van der Waals surface area contributed by atoms with Gasteiger partial charge in [-0.1, -0.05) is 0 Å². The van der Waals surface area contributed by atoms with Crippen molar-refractivity contribution >= 4 is 5.97 Å². The first kappa shape index (κ1) is 11.2. The fraction of sp³-hybridized carbons (Fsp3) is 0.444. The van der Waals surface area contributed by atoms with Crippen LogP contribution in [0.3, 0.4) is 0 Å². The minimum Gasteiger partial charge on any atom is -0.497 e. The third-order valence-corrected chi connectivity index (χ3v) is 1.91. The van der Waals surface area contributed by atoms with E-state index in [1.54, 1.807) is 0 Å². The number of carbonyl (C=O) groups excluding carboxylic acids is 1. The molecule has 15 heavy (non-hydrogen) atoms. The number of ether oxygens (including phenoxy) is 2. The summed E-state index contributed by atoms with van der Waals surface area (Å²) in [5, 5.41) is 10.5. The number of rotatable bonds is 3. The van der Waals surface area contributed by atoms with Crippen LogP contribution in [0.1, 0.15) is 13.3 Å². The van der Waals surface area contributed by atoms with E-state index in [9.17, 15) is 14.9 Å². The van der Waals surface area contributed by atoms with Crippen molar-refractivity contribution in [3.05, 3.63) is 33.8 Å². The number of hydrogen-bond donors (Lipinski definition) is 0. The van der Waals surface area contributed by atoms with E-state index in [1.165, 1.54) is 26.2 Å². The fourth-order valence-corrected chi connectivity index (χ4v) is 1.22. The van der Waals surface area contributed by atoms with Crippen LogP contribution in [0.15, 0.2) is 23.7 Å². The molecule has 0 radical (unpaired) electrons. The van der Waals surface area contributed by atoms with Crippen LogP contribution in [0.5, 0.6) is 0 Å². The first-order valence-electron chi connectivity index (χ1n) is 4.32. The van der Waals surface area contributed by atoms with Crippen molar-refractivity contribution < 1.29 is 19.2 Å². The Labute approximate surface area is 86.3 Å². The van der Waals surface area contributed by atoms with Crippen LogP contribution in [0.25, 0.3) is 0 Å². The van der Waals surface area contributed by atoms with Crippen molar-refractivity contribution in [1.29, 1.82) is 0 Å². The first-order chi connectivity index (χ1) is 7.04. The summed E-state index contributed by atoms with van der Waals surface area (Å²) in [7, 11) is 1.38. The standard InChI is InChI=1S/C9H11NO5/c1-6(11)15-8-4-3-7(10(12)13)5-9(8)14-2/h3-4,7H,5H2,1-2H3. The molecule has 1 atom stereocenters. The Hall–Kier alpha value is -1.85. The minimum absolute atomic E-state index is 0.0998. The van der Waals surface area contributed by atoms with Crippen molar-refractivity contribution in [2.45, 2.75) is 19.4 Å². The molecular weight excluding hydrogens is 202 g/mol. The third-order valence-electron chi connectivity index (χ3n) is 1.91. The lowest BCUT2D eigenvalue weighted by Crippen LogP contribution is -2.21. The summed E-state index contributed by atoms with van der Waals surface area (Å²) in [4.78, 5) is 20.8. The Bertz CT molecular complexity index is 344. The van der Waals surface area contributed by atoms with Gasteiger partial charge in [0.05, 0.1) is 13.5 Å². The average Bonchev–Trinajstić information content (AvgIpc) is 2.17. The zero-order chi connectivity index (χ0) is 11.4. The highest BCUT2D eigenvalue weighted by atomic mass is 16.6. The van der Waals surface area contributed by atoms with Gasteiger partial charge in [-0.2, -0.15) is 0 Å². The van der Waals surface area contributed by atoms with Gasteiger partial charge in [0.1, 0.15) is 5.76 Å². The van der Waals surface area contributed by atoms with Crippen molar-refractivity contribution in [2.24, 2.45) is 0 Å². The molecule has 1 aliphatic rings. The van der Waals surface area contributed by atoms with E-state index in [0.717, 1.165) is 0 Å². The van der Waals surface area contributed by atoms with Crippen molar-refractivity contribution in [2.75, 3.05) is 7.11 Å². The maximum atomic E-state index is 10.7. The second-order valence-electron chi connectivity index (χ2n) is 3.00. The Morgan fingerprint density at radius 1 is 1.67 bits per heavy atom. The zero-order valence-electron chi connectivity index (χ0n) is 8.43. The van der Waals surface area contributed by atoms with E-state index in [1.807, 2.05) is 0 Å². The van der Waals surface area contributed by atoms with Gasteiger partial charge in [0.2, 0.25) is 6.04 Å². The van der Waals surface area contributed by atoms with Gasteiger partial charge in [-0.15, -0.1) is 0 Å². The summed E-state index contributed by atoms with van der Waals surface area (Å²) in [6.45, 7) is 1.26. The van der Waals surface area contributed by atoms with Crippen LogP contribution < -0.4 is 0 Å². The van der Waals surface area contributed by atoms with E-state index < -0.39 is 16.9 Å². The van der Waals surface area contributed by atoms with Crippen LogP contribution in [-0.2, 0) is 14.3 Å². The quantitative estimate of drug-likeness (QED) is 0.397. The molecule has 1 rings (SSSR count). The smallest absolute Gasteiger partial charge is 0.308 e. The first-order valence-corrected chi connectivity index (χ1v) is 4.32. The molecule has 82 valence electrons. The number of carbonyl (C=O) groups is 1. The van der Waals surface area contributed by atoms with Crippen LogP contribution in [0, 0.1) is 10.1 Å². The fourth-order valence-electron chi connectivity index (χ4n) is 1.22. The summed E-state index contributed by atoms with van der Waals surface area (Å²) < 4.78 is 9.76. The molecule has 6 heteroatoms. The normalized spacial score (nSPS) is 20.0. The van der Waals surface area contributed by atoms with E-state index in [4.69, 9.17) is 9.47 Å². The van der Waals surface area contributed by atoms with Crippen molar-refractivity contribution in [1.82, 2.24) is 0 Å². The molecule has 0 saturated carbocycles. The Morgan fingerprint density at radius 2 is 2.33 bits per heavy atom. The number of methoxy groups -OCH3 is 1.